The van der Waals surface area contributed by atoms with Crippen molar-refractivity contribution in [2.75, 3.05) is 7.11 Å². The van der Waals surface area contributed by atoms with E-state index >= 15 is 0 Å². The fourth-order valence-electron chi connectivity index (χ4n) is 0.578. The van der Waals surface area contributed by atoms with Crippen molar-refractivity contribution in [3.63, 3.8) is 0 Å². The lowest BCUT2D eigenvalue weighted by Gasteiger charge is -1.97. The molecular formula is C9H12O4. The van der Waals surface area contributed by atoms with E-state index in [4.69, 9.17) is 0 Å². The van der Waals surface area contributed by atoms with Crippen molar-refractivity contribution in [3.8, 4) is 0 Å². The standard InChI is InChI=1S/C9H12O4/c1-6(2)9(12)7(10)4-5-8(11)13-3/h4-6H,1-3H3/b5-4+. The lowest BCUT2D eigenvalue weighted by atomic mass is 10.1. The quantitative estimate of drug-likeness (QED) is 0.363. The van der Waals surface area contributed by atoms with Gasteiger partial charge < -0.3 is 4.74 Å². The molecule has 13 heavy (non-hydrogen) atoms. The summed E-state index contributed by atoms with van der Waals surface area (Å²) in [6.45, 7) is 3.23. The summed E-state index contributed by atoms with van der Waals surface area (Å²) in [6, 6.07) is 0. The minimum Gasteiger partial charge on any atom is -0.466 e. The Kier molecular flexibility index (Phi) is 4.66. The van der Waals surface area contributed by atoms with Crippen molar-refractivity contribution in [1.82, 2.24) is 0 Å². The third kappa shape index (κ3) is 4.20. The number of carbonyl (C=O) groups excluding carboxylic acids is 3. The van der Waals surface area contributed by atoms with Crippen LogP contribution in [0, 0.1) is 5.92 Å². The highest BCUT2D eigenvalue weighted by Gasteiger charge is 2.14. The molecule has 0 saturated carbocycles. The van der Waals surface area contributed by atoms with Gasteiger partial charge in [0.05, 0.1) is 7.11 Å². The van der Waals surface area contributed by atoms with E-state index in [0.29, 0.717) is 0 Å². The molecule has 0 aliphatic heterocycles. The third-order valence-electron chi connectivity index (χ3n) is 1.34. The molecule has 0 aromatic heterocycles. The molecule has 0 bridgehead atoms. The van der Waals surface area contributed by atoms with Gasteiger partial charge in [0.2, 0.25) is 11.6 Å². The average molecular weight is 184 g/mol. The van der Waals surface area contributed by atoms with E-state index in [2.05, 4.69) is 4.74 Å². The van der Waals surface area contributed by atoms with Crippen LogP contribution in [0.5, 0.6) is 0 Å². The Labute approximate surface area is 76.6 Å². The second kappa shape index (κ2) is 5.24. The molecule has 0 heterocycles. The molecule has 0 amide bonds. The molecule has 0 spiro atoms. The second-order valence-electron chi connectivity index (χ2n) is 2.74. The Morgan fingerprint density at radius 3 is 2.08 bits per heavy atom. The highest BCUT2D eigenvalue weighted by atomic mass is 16.5. The number of ether oxygens (including phenoxy) is 1. The maximum Gasteiger partial charge on any atom is 0.330 e. The number of ketones is 2. The molecule has 0 aliphatic carbocycles. The molecule has 0 unspecified atom stereocenters. The van der Waals surface area contributed by atoms with E-state index in [1.165, 1.54) is 7.11 Å². The maximum atomic E-state index is 11.0. The highest BCUT2D eigenvalue weighted by Crippen LogP contribution is 1.96. The largest absolute Gasteiger partial charge is 0.466 e. The van der Waals surface area contributed by atoms with Gasteiger partial charge in [-0.15, -0.1) is 0 Å². The first kappa shape index (κ1) is 11.6. The summed E-state index contributed by atoms with van der Waals surface area (Å²) in [5.74, 6) is -2.19. The fraction of sp³-hybridized carbons (Fsp3) is 0.444. The van der Waals surface area contributed by atoms with E-state index in [0.717, 1.165) is 12.2 Å². The molecule has 4 heteroatoms. The zero-order valence-corrected chi connectivity index (χ0v) is 7.87. The Morgan fingerprint density at radius 1 is 1.15 bits per heavy atom. The summed E-state index contributed by atoms with van der Waals surface area (Å²) in [4.78, 5) is 32.5. The summed E-state index contributed by atoms with van der Waals surface area (Å²) >= 11 is 0. The van der Waals surface area contributed by atoms with Gasteiger partial charge in [0.25, 0.3) is 0 Å². The van der Waals surface area contributed by atoms with E-state index in [1.54, 1.807) is 13.8 Å². The van der Waals surface area contributed by atoms with E-state index in [-0.39, 0.29) is 5.92 Å². The SMILES string of the molecule is COC(=O)/C=C/C(=O)C(=O)C(C)C. The predicted octanol–water partition coefficient (Wildman–Crippen LogP) is 0.510. The van der Waals surface area contributed by atoms with Crippen LogP contribution in [0.1, 0.15) is 13.8 Å². The minimum absolute atomic E-state index is 0.352. The summed E-state index contributed by atoms with van der Waals surface area (Å²) in [7, 11) is 1.20. The average Bonchev–Trinajstić information content (AvgIpc) is 2.11. The number of methoxy groups -OCH3 is 1. The molecular weight excluding hydrogens is 172 g/mol. The molecule has 0 fully saturated rings. The summed E-state index contributed by atoms with van der Waals surface area (Å²) in [6.07, 6.45) is 1.86. The van der Waals surface area contributed by atoms with Crippen LogP contribution < -0.4 is 0 Å². The number of Topliss-reactive ketones (excluding diaryl/α,β-unsaturated/α-hetero) is 1. The number of carbonyl (C=O) groups is 3. The van der Waals surface area contributed by atoms with E-state index < -0.39 is 17.5 Å². The monoisotopic (exact) mass is 184 g/mol. The number of esters is 1. The molecule has 0 radical (unpaired) electrons. The summed E-state index contributed by atoms with van der Waals surface area (Å²) in [5, 5.41) is 0. The highest BCUT2D eigenvalue weighted by molar-refractivity contribution is 6.42. The van der Waals surface area contributed by atoms with Gasteiger partial charge in [0.1, 0.15) is 0 Å². The Balaban J connectivity index is 4.23. The van der Waals surface area contributed by atoms with Crippen molar-refractivity contribution in [2.45, 2.75) is 13.8 Å². The van der Waals surface area contributed by atoms with Crippen LogP contribution >= 0.6 is 0 Å². The van der Waals surface area contributed by atoms with Gasteiger partial charge in [-0.25, -0.2) is 4.79 Å². The molecule has 0 aromatic carbocycles. The van der Waals surface area contributed by atoms with Crippen LogP contribution in [0.25, 0.3) is 0 Å². The first-order valence-electron chi connectivity index (χ1n) is 3.83. The lowest BCUT2D eigenvalue weighted by molar-refractivity contribution is -0.136. The first-order chi connectivity index (χ1) is 5.99. The Morgan fingerprint density at radius 2 is 1.69 bits per heavy atom. The van der Waals surface area contributed by atoms with E-state index in [1.807, 2.05) is 0 Å². The van der Waals surface area contributed by atoms with Crippen molar-refractivity contribution >= 4 is 17.5 Å². The first-order valence-corrected chi connectivity index (χ1v) is 3.83. The van der Waals surface area contributed by atoms with Gasteiger partial charge in [-0.2, -0.15) is 0 Å². The Hall–Kier alpha value is -1.45. The van der Waals surface area contributed by atoms with Crippen LogP contribution in [0.2, 0.25) is 0 Å². The Bertz CT molecular complexity index is 250. The minimum atomic E-state index is -0.680. The van der Waals surface area contributed by atoms with Gasteiger partial charge in [0.15, 0.2) is 0 Å². The second-order valence-corrected chi connectivity index (χ2v) is 2.74. The molecule has 0 N–H and O–H groups in total. The molecule has 72 valence electrons. The van der Waals surface area contributed by atoms with Crippen LogP contribution in [0.3, 0.4) is 0 Å². The van der Waals surface area contributed by atoms with Crippen molar-refractivity contribution in [2.24, 2.45) is 5.92 Å². The number of allylic oxidation sites excluding steroid dienone is 1. The van der Waals surface area contributed by atoms with Crippen LogP contribution in [0.15, 0.2) is 12.2 Å². The lowest BCUT2D eigenvalue weighted by Crippen LogP contribution is -2.17. The topological polar surface area (TPSA) is 60.4 Å². The van der Waals surface area contributed by atoms with E-state index in [9.17, 15) is 14.4 Å². The van der Waals surface area contributed by atoms with Crippen molar-refractivity contribution in [1.29, 1.82) is 0 Å². The van der Waals surface area contributed by atoms with Gasteiger partial charge in [0, 0.05) is 12.0 Å². The van der Waals surface area contributed by atoms with Crippen molar-refractivity contribution < 1.29 is 19.1 Å². The number of hydrogen-bond acceptors (Lipinski definition) is 4. The predicted molar refractivity (Wildman–Crippen MR) is 46.0 cm³/mol. The molecule has 0 aromatic rings. The molecule has 0 rings (SSSR count). The van der Waals surface area contributed by atoms with Crippen LogP contribution in [0.4, 0.5) is 0 Å². The van der Waals surface area contributed by atoms with Gasteiger partial charge in [-0.1, -0.05) is 13.8 Å². The molecule has 0 aliphatic rings. The van der Waals surface area contributed by atoms with Gasteiger partial charge in [-0.05, 0) is 6.08 Å². The summed E-state index contributed by atoms with van der Waals surface area (Å²) < 4.78 is 4.25. The van der Waals surface area contributed by atoms with Crippen LogP contribution in [-0.2, 0) is 19.1 Å². The normalized spacial score (nSPS) is 10.5. The molecule has 0 atom stereocenters. The fourth-order valence-corrected chi connectivity index (χ4v) is 0.578. The molecule has 0 saturated heterocycles. The number of rotatable bonds is 4. The zero-order chi connectivity index (χ0) is 10.4. The summed E-state index contributed by atoms with van der Waals surface area (Å²) in [5.41, 5.74) is 0. The number of hydrogen-bond donors (Lipinski definition) is 0. The zero-order valence-electron chi connectivity index (χ0n) is 7.87. The van der Waals surface area contributed by atoms with Crippen molar-refractivity contribution in [3.05, 3.63) is 12.2 Å². The maximum absolute atomic E-state index is 11.0. The van der Waals surface area contributed by atoms with Gasteiger partial charge in [-0.3, -0.25) is 9.59 Å². The van der Waals surface area contributed by atoms with Crippen LogP contribution in [-0.4, -0.2) is 24.6 Å². The third-order valence-corrected chi connectivity index (χ3v) is 1.34. The van der Waals surface area contributed by atoms with Gasteiger partial charge >= 0.3 is 5.97 Å². The molecule has 4 nitrogen and oxygen atoms in total. The smallest absolute Gasteiger partial charge is 0.330 e.